The Hall–Kier alpha value is -3.17. The molecule has 0 bridgehead atoms. The summed E-state index contributed by atoms with van der Waals surface area (Å²) in [6, 6.07) is 14.9. The Bertz CT molecular complexity index is 1360. The number of thiazole rings is 1. The normalized spacial score (nSPS) is 13.1. The van der Waals surface area contributed by atoms with Crippen LogP contribution in [0, 0.1) is 0 Å². The van der Waals surface area contributed by atoms with Gasteiger partial charge in [-0.25, -0.2) is 4.98 Å². The lowest BCUT2D eigenvalue weighted by Crippen LogP contribution is -2.40. The lowest BCUT2D eigenvalue weighted by atomic mass is 10.1. The molecule has 174 valence electrons. The van der Waals surface area contributed by atoms with Crippen molar-refractivity contribution in [3.63, 3.8) is 0 Å². The van der Waals surface area contributed by atoms with Crippen LogP contribution in [0.25, 0.3) is 21.4 Å². The summed E-state index contributed by atoms with van der Waals surface area (Å²) in [6.45, 7) is 0.748. The van der Waals surface area contributed by atoms with Crippen molar-refractivity contribution in [2.24, 2.45) is 0 Å². The summed E-state index contributed by atoms with van der Waals surface area (Å²) >= 11 is 4.86. The second kappa shape index (κ2) is 9.60. The highest BCUT2D eigenvalue weighted by Gasteiger charge is 2.35. The first-order chi connectivity index (χ1) is 16.5. The van der Waals surface area contributed by atoms with Gasteiger partial charge in [-0.1, -0.05) is 18.2 Å². The minimum absolute atomic E-state index is 0.131. The zero-order valence-electron chi connectivity index (χ0n) is 18.4. The van der Waals surface area contributed by atoms with E-state index in [4.69, 9.17) is 9.15 Å². The van der Waals surface area contributed by atoms with Gasteiger partial charge in [0, 0.05) is 24.5 Å². The van der Waals surface area contributed by atoms with Gasteiger partial charge >= 0.3 is 0 Å². The van der Waals surface area contributed by atoms with Gasteiger partial charge in [-0.2, -0.15) is 0 Å². The first kappa shape index (κ1) is 22.6. The number of fused-ring (bicyclic) bond motifs is 1. The van der Waals surface area contributed by atoms with Crippen LogP contribution in [0.2, 0.25) is 0 Å². The number of halogens is 1. The molecule has 34 heavy (non-hydrogen) atoms. The maximum absolute atomic E-state index is 13.6. The lowest BCUT2D eigenvalue weighted by Gasteiger charge is -2.22. The molecule has 0 spiro atoms. The maximum Gasteiger partial charge on any atom is 0.274 e. The molecule has 2 aromatic heterocycles. The minimum atomic E-state index is -0.191. The molecule has 2 heterocycles. The molecular formula is C25H22BrN3O4S. The molecule has 1 saturated carbocycles. The summed E-state index contributed by atoms with van der Waals surface area (Å²) in [6.07, 6.45) is 3.47. The van der Waals surface area contributed by atoms with E-state index in [1.54, 1.807) is 31.6 Å². The average molecular weight is 540 g/mol. The van der Waals surface area contributed by atoms with E-state index < -0.39 is 0 Å². The van der Waals surface area contributed by atoms with Crippen molar-refractivity contribution >= 4 is 50.1 Å². The van der Waals surface area contributed by atoms with Gasteiger partial charge in [0.15, 0.2) is 3.92 Å². The van der Waals surface area contributed by atoms with E-state index in [1.807, 2.05) is 35.2 Å². The summed E-state index contributed by atoms with van der Waals surface area (Å²) in [7, 11) is 1.61. The minimum Gasteiger partial charge on any atom is -0.497 e. The fraction of sp³-hybridized carbons (Fsp3) is 0.240. The number of nitrogens with one attached hydrogen (secondary N) is 1. The van der Waals surface area contributed by atoms with Crippen molar-refractivity contribution in [3.8, 4) is 16.2 Å². The van der Waals surface area contributed by atoms with Gasteiger partial charge in [0.2, 0.25) is 0 Å². The predicted molar refractivity (Wildman–Crippen MR) is 134 cm³/mol. The summed E-state index contributed by atoms with van der Waals surface area (Å²) < 4.78 is 11.4. The van der Waals surface area contributed by atoms with E-state index in [0.29, 0.717) is 33.8 Å². The van der Waals surface area contributed by atoms with Crippen LogP contribution in [0.15, 0.2) is 63.1 Å². The molecule has 2 amide bonds. The van der Waals surface area contributed by atoms with Gasteiger partial charge in [0.05, 0.1) is 23.8 Å². The number of methoxy groups -OCH3 is 1. The third-order valence-corrected chi connectivity index (χ3v) is 7.32. The van der Waals surface area contributed by atoms with Gasteiger partial charge in [-0.05, 0) is 64.7 Å². The lowest BCUT2D eigenvalue weighted by molar-refractivity contribution is 0.0732. The second-order valence-electron chi connectivity index (χ2n) is 8.00. The van der Waals surface area contributed by atoms with E-state index in [1.165, 1.54) is 11.3 Å². The van der Waals surface area contributed by atoms with Crippen molar-refractivity contribution in [2.45, 2.75) is 18.9 Å². The standard InChI is InChI=1S/C25H22BrN3O4S/c1-32-17-5-2-4-15(14-17)22-21(28-25(26)34-22)24(31)29(16-8-9-16)12-11-27-23(30)19-6-3-7-20-18(19)10-13-33-20/h2-7,10,13-14,16H,8-9,11-12H2,1H3,(H,27,30). The molecule has 0 unspecified atom stereocenters. The number of nitrogens with zero attached hydrogens (tertiary/aromatic N) is 2. The summed E-state index contributed by atoms with van der Waals surface area (Å²) in [5.41, 5.74) is 2.51. The summed E-state index contributed by atoms with van der Waals surface area (Å²) in [5, 5.41) is 3.72. The molecular weight excluding hydrogens is 518 g/mol. The molecule has 2 aromatic carbocycles. The monoisotopic (exact) mass is 539 g/mol. The van der Waals surface area contributed by atoms with Crippen LogP contribution < -0.4 is 10.1 Å². The van der Waals surface area contributed by atoms with Crippen LogP contribution in [-0.4, -0.2) is 47.9 Å². The summed E-state index contributed by atoms with van der Waals surface area (Å²) in [5.74, 6) is 0.395. The molecule has 0 atom stereocenters. The number of carbonyl (C=O) groups is 2. The molecule has 7 nitrogen and oxygen atoms in total. The van der Waals surface area contributed by atoms with Gasteiger partial charge in [-0.15, -0.1) is 11.3 Å². The molecule has 5 rings (SSSR count). The number of hydrogen-bond acceptors (Lipinski definition) is 6. The van der Waals surface area contributed by atoms with Gasteiger partial charge in [-0.3, -0.25) is 9.59 Å². The first-order valence-corrected chi connectivity index (χ1v) is 12.5. The number of aromatic nitrogens is 1. The Labute approximate surface area is 208 Å². The van der Waals surface area contributed by atoms with E-state index in [-0.39, 0.29) is 17.9 Å². The number of carbonyl (C=O) groups excluding carboxylic acids is 2. The van der Waals surface area contributed by atoms with Crippen LogP contribution in [0.4, 0.5) is 0 Å². The molecule has 9 heteroatoms. The molecule has 1 aliphatic carbocycles. The van der Waals surface area contributed by atoms with Crippen molar-refractivity contribution in [1.29, 1.82) is 0 Å². The van der Waals surface area contributed by atoms with E-state index in [0.717, 1.165) is 34.4 Å². The predicted octanol–water partition coefficient (Wildman–Crippen LogP) is 5.36. The van der Waals surface area contributed by atoms with Crippen LogP contribution in [-0.2, 0) is 0 Å². The molecule has 1 fully saturated rings. The Balaban J connectivity index is 1.32. The van der Waals surface area contributed by atoms with Crippen molar-refractivity contribution in [2.75, 3.05) is 20.2 Å². The SMILES string of the molecule is COc1cccc(-c2sc(Br)nc2C(=O)N(CCNC(=O)c2cccc3occc23)C2CC2)c1. The Morgan fingerprint density at radius 3 is 2.85 bits per heavy atom. The third kappa shape index (κ3) is 4.58. The first-order valence-electron chi connectivity index (χ1n) is 10.9. The van der Waals surface area contributed by atoms with E-state index in [9.17, 15) is 9.59 Å². The number of ether oxygens (including phenoxy) is 1. The highest BCUT2D eigenvalue weighted by atomic mass is 79.9. The Morgan fingerprint density at radius 1 is 1.24 bits per heavy atom. The van der Waals surface area contributed by atoms with Gasteiger partial charge in [0.1, 0.15) is 17.0 Å². The maximum atomic E-state index is 13.6. The molecule has 0 radical (unpaired) electrons. The zero-order chi connectivity index (χ0) is 23.7. The van der Waals surface area contributed by atoms with Crippen LogP contribution in [0.3, 0.4) is 0 Å². The number of hydrogen-bond donors (Lipinski definition) is 1. The quantitative estimate of drug-likeness (QED) is 0.325. The highest BCUT2D eigenvalue weighted by molar-refractivity contribution is 9.11. The van der Waals surface area contributed by atoms with Gasteiger partial charge in [0.25, 0.3) is 11.8 Å². The zero-order valence-corrected chi connectivity index (χ0v) is 20.8. The molecule has 4 aromatic rings. The van der Waals surface area contributed by atoms with Crippen molar-refractivity contribution in [1.82, 2.24) is 15.2 Å². The van der Waals surface area contributed by atoms with Crippen LogP contribution in [0.5, 0.6) is 5.75 Å². The average Bonchev–Trinajstić information content (AvgIpc) is 3.43. The molecule has 0 saturated heterocycles. The molecule has 1 aliphatic rings. The molecule has 1 N–H and O–H groups in total. The smallest absolute Gasteiger partial charge is 0.274 e. The number of furan rings is 1. The molecule has 0 aliphatic heterocycles. The highest BCUT2D eigenvalue weighted by Crippen LogP contribution is 2.37. The van der Waals surface area contributed by atoms with Crippen LogP contribution >= 0.6 is 27.3 Å². The fourth-order valence-corrected chi connectivity index (χ4v) is 5.39. The fourth-order valence-electron chi connectivity index (χ4n) is 3.95. The van der Waals surface area contributed by atoms with E-state index in [2.05, 4.69) is 26.2 Å². The van der Waals surface area contributed by atoms with Crippen LogP contribution in [0.1, 0.15) is 33.7 Å². The van der Waals surface area contributed by atoms with E-state index >= 15 is 0 Å². The van der Waals surface area contributed by atoms with Gasteiger partial charge < -0.3 is 19.4 Å². The Morgan fingerprint density at radius 2 is 2.06 bits per heavy atom. The van der Waals surface area contributed by atoms with Crippen molar-refractivity contribution in [3.05, 3.63) is 70.0 Å². The Kier molecular flexibility index (Phi) is 6.38. The topological polar surface area (TPSA) is 84.7 Å². The number of rotatable bonds is 8. The van der Waals surface area contributed by atoms with Crippen molar-refractivity contribution < 1.29 is 18.7 Å². The number of amides is 2. The summed E-state index contributed by atoms with van der Waals surface area (Å²) in [4.78, 5) is 33.5. The second-order valence-corrected chi connectivity index (χ2v) is 10.3. The third-order valence-electron chi connectivity index (χ3n) is 5.76. The largest absolute Gasteiger partial charge is 0.497 e. The number of benzene rings is 2.